The Hall–Kier alpha value is -1.30. The maximum absolute atomic E-state index is 11.5. The molecule has 0 radical (unpaired) electrons. The van der Waals surface area contributed by atoms with Gasteiger partial charge in [-0.2, -0.15) is 0 Å². The standard InChI is InChI=1S/C13H19ClN2O3/c1-2-19-6-5-15-13(18)8-16-12-7-10(9-17)3-4-11(12)14/h3-4,7,16-17H,2,5-6,8-9H2,1H3,(H,15,18). The lowest BCUT2D eigenvalue weighted by Gasteiger charge is -2.10. The Morgan fingerprint density at radius 1 is 1.47 bits per heavy atom. The molecule has 0 aromatic heterocycles. The first-order valence-electron chi connectivity index (χ1n) is 6.15. The fourth-order valence-electron chi connectivity index (χ4n) is 1.45. The lowest BCUT2D eigenvalue weighted by Crippen LogP contribution is -2.32. The second-order valence-electron chi connectivity index (χ2n) is 3.87. The Labute approximate surface area is 117 Å². The van der Waals surface area contributed by atoms with Gasteiger partial charge in [-0.15, -0.1) is 0 Å². The van der Waals surface area contributed by atoms with Crippen molar-refractivity contribution in [1.29, 1.82) is 0 Å². The minimum absolute atomic E-state index is 0.0631. The minimum Gasteiger partial charge on any atom is -0.392 e. The van der Waals surface area contributed by atoms with Crippen molar-refractivity contribution in [3.63, 3.8) is 0 Å². The summed E-state index contributed by atoms with van der Waals surface area (Å²) in [6.45, 7) is 3.59. The van der Waals surface area contributed by atoms with Crippen LogP contribution in [0, 0.1) is 0 Å². The van der Waals surface area contributed by atoms with Gasteiger partial charge in [0.2, 0.25) is 5.91 Å². The van der Waals surface area contributed by atoms with Crippen LogP contribution in [0.4, 0.5) is 5.69 Å². The maximum atomic E-state index is 11.5. The van der Waals surface area contributed by atoms with E-state index in [0.717, 1.165) is 5.56 Å². The highest BCUT2D eigenvalue weighted by Crippen LogP contribution is 2.22. The fraction of sp³-hybridized carbons (Fsp3) is 0.462. The van der Waals surface area contributed by atoms with E-state index in [9.17, 15) is 4.79 Å². The van der Waals surface area contributed by atoms with Gasteiger partial charge in [0, 0.05) is 13.2 Å². The number of hydrogen-bond donors (Lipinski definition) is 3. The van der Waals surface area contributed by atoms with E-state index >= 15 is 0 Å². The predicted molar refractivity (Wildman–Crippen MR) is 75.4 cm³/mol. The first-order valence-corrected chi connectivity index (χ1v) is 6.52. The minimum atomic E-state index is -0.134. The van der Waals surface area contributed by atoms with Crippen LogP contribution in [0.25, 0.3) is 0 Å². The van der Waals surface area contributed by atoms with E-state index in [0.29, 0.717) is 30.5 Å². The lowest BCUT2D eigenvalue weighted by molar-refractivity contribution is -0.119. The summed E-state index contributed by atoms with van der Waals surface area (Å²) < 4.78 is 5.11. The zero-order chi connectivity index (χ0) is 14.1. The van der Waals surface area contributed by atoms with Crippen molar-refractivity contribution < 1.29 is 14.6 Å². The molecule has 0 aliphatic heterocycles. The van der Waals surface area contributed by atoms with Gasteiger partial charge in [0.05, 0.1) is 30.5 Å². The number of hydrogen-bond acceptors (Lipinski definition) is 4. The average Bonchev–Trinajstić information content (AvgIpc) is 2.43. The van der Waals surface area contributed by atoms with E-state index in [1.54, 1.807) is 18.2 Å². The third kappa shape index (κ3) is 5.92. The molecule has 1 amide bonds. The summed E-state index contributed by atoms with van der Waals surface area (Å²) >= 11 is 5.99. The van der Waals surface area contributed by atoms with Crippen LogP contribution in [0.5, 0.6) is 0 Å². The van der Waals surface area contributed by atoms with Crippen LogP contribution in [0.3, 0.4) is 0 Å². The number of rotatable bonds is 8. The van der Waals surface area contributed by atoms with E-state index < -0.39 is 0 Å². The molecule has 0 saturated heterocycles. The van der Waals surface area contributed by atoms with Crippen molar-refractivity contribution in [2.75, 3.05) is 31.6 Å². The van der Waals surface area contributed by atoms with Crippen molar-refractivity contribution in [2.24, 2.45) is 0 Å². The second kappa shape index (κ2) is 8.74. The Balaban J connectivity index is 2.37. The number of ether oxygens (including phenoxy) is 1. The molecule has 0 aliphatic rings. The number of nitrogens with one attached hydrogen (secondary N) is 2. The van der Waals surface area contributed by atoms with Crippen LogP contribution >= 0.6 is 11.6 Å². The number of carbonyl (C=O) groups excluding carboxylic acids is 1. The van der Waals surface area contributed by atoms with Gasteiger partial charge in [0.15, 0.2) is 0 Å². The van der Waals surface area contributed by atoms with Crippen molar-refractivity contribution in [1.82, 2.24) is 5.32 Å². The summed E-state index contributed by atoms with van der Waals surface area (Å²) in [6, 6.07) is 5.13. The molecule has 1 aromatic rings. The van der Waals surface area contributed by atoms with Crippen LogP contribution in [0.15, 0.2) is 18.2 Å². The van der Waals surface area contributed by atoms with E-state index in [4.69, 9.17) is 21.4 Å². The topological polar surface area (TPSA) is 70.6 Å². The molecule has 0 fully saturated rings. The van der Waals surface area contributed by atoms with Gasteiger partial charge in [-0.1, -0.05) is 17.7 Å². The second-order valence-corrected chi connectivity index (χ2v) is 4.28. The smallest absolute Gasteiger partial charge is 0.239 e. The van der Waals surface area contributed by atoms with Crippen molar-refractivity contribution in [2.45, 2.75) is 13.5 Å². The summed E-state index contributed by atoms with van der Waals surface area (Å²) in [5, 5.41) is 15.2. The average molecular weight is 287 g/mol. The summed E-state index contributed by atoms with van der Waals surface area (Å²) in [6.07, 6.45) is 0. The molecule has 1 rings (SSSR count). The Morgan fingerprint density at radius 3 is 2.95 bits per heavy atom. The first-order chi connectivity index (χ1) is 9.17. The molecule has 106 valence electrons. The maximum Gasteiger partial charge on any atom is 0.239 e. The molecule has 3 N–H and O–H groups in total. The molecular weight excluding hydrogens is 268 g/mol. The number of amides is 1. The van der Waals surface area contributed by atoms with E-state index in [1.807, 2.05) is 6.92 Å². The monoisotopic (exact) mass is 286 g/mol. The highest BCUT2D eigenvalue weighted by Gasteiger charge is 2.04. The quantitative estimate of drug-likeness (QED) is 0.632. The molecule has 0 spiro atoms. The number of halogens is 1. The van der Waals surface area contributed by atoms with Gasteiger partial charge >= 0.3 is 0 Å². The van der Waals surface area contributed by atoms with Crippen molar-refractivity contribution >= 4 is 23.2 Å². The molecule has 5 nitrogen and oxygen atoms in total. The summed E-state index contributed by atoms with van der Waals surface area (Å²) in [4.78, 5) is 11.5. The van der Waals surface area contributed by atoms with Gasteiger partial charge in [0.25, 0.3) is 0 Å². The van der Waals surface area contributed by atoms with Crippen LogP contribution in [-0.2, 0) is 16.1 Å². The molecule has 0 saturated carbocycles. The molecule has 0 aliphatic carbocycles. The van der Waals surface area contributed by atoms with Crippen LogP contribution in [-0.4, -0.2) is 37.3 Å². The zero-order valence-corrected chi connectivity index (χ0v) is 11.7. The Kier molecular flexibility index (Phi) is 7.25. The summed E-state index contributed by atoms with van der Waals surface area (Å²) in [7, 11) is 0. The molecule has 0 unspecified atom stereocenters. The van der Waals surface area contributed by atoms with Gasteiger partial charge in [-0.3, -0.25) is 4.79 Å². The van der Waals surface area contributed by atoms with Crippen LogP contribution in [0.1, 0.15) is 12.5 Å². The van der Waals surface area contributed by atoms with E-state index in [1.165, 1.54) is 0 Å². The van der Waals surface area contributed by atoms with Gasteiger partial charge in [-0.25, -0.2) is 0 Å². The fourth-order valence-corrected chi connectivity index (χ4v) is 1.64. The lowest BCUT2D eigenvalue weighted by atomic mass is 10.2. The predicted octanol–water partition coefficient (Wildman–Crippen LogP) is 1.40. The number of carbonyl (C=O) groups is 1. The molecular formula is C13H19ClN2O3. The summed E-state index contributed by atoms with van der Waals surface area (Å²) in [5.74, 6) is -0.134. The molecule has 1 aromatic carbocycles. The molecule has 19 heavy (non-hydrogen) atoms. The number of aliphatic hydroxyl groups is 1. The highest BCUT2D eigenvalue weighted by molar-refractivity contribution is 6.33. The SMILES string of the molecule is CCOCCNC(=O)CNc1cc(CO)ccc1Cl. The molecule has 0 bridgehead atoms. The third-order valence-corrected chi connectivity index (χ3v) is 2.76. The van der Waals surface area contributed by atoms with Gasteiger partial charge in [-0.05, 0) is 24.6 Å². The molecule has 0 heterocycles. The van der Waals surface area contributed by atoms with Gasteiger partial charge in [0.1, 0.15) is 0 Å². The molecule has 0 atom stereocenters. The van der Waals surface area contributed by atoms with Crippen molar-refractivity contribution in [3.8, 4) is 0 Å². The van der Waals surface area contributed by atoms with E-state index in [-0.39, 0.29) is 19.1 Å². The van der Waals surface area contributed by atoms with Gasteiger partial charge < -0.3 is 20.5 Å². The number of anilines is 1. The zero-order valence-electron chi connectivity index (χ0n) is 10.9. The van der Waals surface area contributed by atoms with Crippen LogP contribution < -0.4 is 10.6 Å². The van der Waals surface area contributed by atoms with Crippen molar-refractivity contribution in [3.05, 3.63) is 28.8 Å². The normalized spacial score (nSPS) is 10.3. The number of aliphatic hydroxyl groups excluding tert-OH is 1. The highest BCUT2D eigenvalue weighted by atomic mass is 35.5. The Bertz CT molecular complexity index is 413. The number of benzene rings is 1. The summed E-state index contributed by atoms with van der Waals surface area (Å²) in [5.41, 5.74) is 1.37. The largest absolute Gasteiger partial charge is 0.392 e. The Morgan fingerprint density at radius 2 is 2.26 bits per heavy atom. The first kappa shape index (κ1) is 15.8. The van der Waals surface area contributed by atoms with E-state index in [2.05, 4.69) is 10.6 Å². The van der Waals surface area contributed by atoms with Crippen LogP contribution in [0.2, 0.25) is 5.02 Å². The third-order valence-electron chi connectivity index (χ3n) is 2.43. The molecule has 6 heteroatoms.